The summed E-state index contributed by atoms with van der Waals surface area (Å²) in [5, 5.41) is 8.81. The third kappa shape index (κ3) is 3.79. The third-order valence-electron chi connectivity index (χ3n) is 4.13. The van der Waals surface area contributed by atoms with Crippen molar-refractivity contribution in [2.75, 3.05) is 6.54 Å². The van der Waals surface area contributed by atoms with E-state index in [-0.39, 0.29) is 0 Å². The highest BCUT2D eigenvalue weighted by Crippen LogP contribution is 2.23. The molecule has 0 bridgehead atoms. The van der Waals surface area contributed by atoms with Crippen molar-refractivity contribution in [3.05, 3.63) is 35.4 Å². The lowest BCUT2D eigenvalue weighted by atomic mass is 9.90. The van der Waals surface area contributed by atoms with Crippen LogP contribution in [0, 0.1) is 11.3 Å². The maximum Gasteiger partial charge on any atom is 0.0991 e. The van der Waals surface area contributed by atoms with Crippen LogP contribution in [0.5, 0.6) is 0 Å². The molecule has 0 unspecified atom stereocenters. The average Bonchev–Trinajstić information content (AvgIpc) is 2.46. The van der Waals surface area contributed by atoms with Crippen molar-refractivity contribution >= 4 is 0 Å². The molecule has 1 fully saturated rings. The summed E-state index contributed by atoms with van der Waals surface area (Å²) < 4.78 is 0. The van der Waals surface area contributed by atoms with Crippen molar-refractivity contribution in [3.8, 4) is 6.07 Å². The van der Waals surface area contributed by atoms with Gasteiger partial charge in [0.25, 0.3) is 0 Å². The molecule has 0 saturated heterocycles. The standard InChI is InChI=1S/C16H23N3/c1-2-19(16-9-7-15(18)8-10-16)12-14-5-3-13(11-17)4-6-14/h3-6,15-16H,2,7-10,12,18H2,1H3. The highest BCUT2D eigenvalue weighted by Gasteiger charge is 2.23. The Labute approximate surface area is 116 Å². The molecule has 0 radical (unpaired) electrons. The van der Waals surface area contributed by atoms with Crippen LogP contribution in [-0.2, 0) is 6.54 Å². The average molecular weight is 257 g/mol. The lowest BCUT2D eigenvalue weighted by Gasteiger charge is -2.35. The van der Waals surface area contributed by atoms with Gasteiger partial charge in [-0.25, -0.2) is 0 Å². The third-order valence-corrected chi connectivity index (χ3v) is 4.13. The molecule has 0 heterocycles. The second-order valence-electron chi connectivity index (χ2n) is 5.44. The van der Waals surface area contributed by atoms with Gasteiger partial charge in [-0.1, -0.05) is 19.1 Å². The fourth-order valence-electron chi connectivity index (χ4n) is 2.89. The number of nitriles is 1. The summed E-state index contributed by atoms with van der Waals surface area (Å²) >= 11 is 0. The molecular formula is C16H23N3. The first kappa shape index (κ1) is 14.0. The minimum atomic E-state index is 0.407. The molecule has 1 saturated carbocycles. The summed E-state index contributed by atoms with van der Waals surface area (Å²) in [5.41, 5.74) is 7.99. The quantitative estimate of drug-likeness (QED) is 0.902. The maximum atomic E-state index is 8.81. The smallest absolute Gasteiger partial charge is 0.0991 e. The van der Waals surface area contributed by atoms with Crippen molar-refractivity contribution < 1.29 is 0 Å². The number of hydrogen-bond donors (Lipinski definition) is 1. The first-order valence-electron chi connectivity index (χ1n) is 7.21. The molecule has 0 spiro atoms. The van der Waals surface area contributed by atoms with E-state index in [0.29, 0.717) is 12.1 Å². The zero-order valence-electron chi connectivity index (χ0n) is 11.7. The second kappa shape index (κ2) is 6.70. The van der Waals surface area contributed by atoms with E-state index in [4.69, 9.17) is 11.0 Å². The van der Waals surface area contributed by atoms with Gasteiger partial charge in [-0.3, -0.25) is 4.90 Å². The lowest BCUT2D eigenvalue weighted by Crippen LogP contribution is -2.40. The van der Waals surface area contributed by atoms with Crippen molar-refractivity contribution in [1.29, 1.82) is 5.26 Å². The molecule has 0 aromatic heterocycles. The molecule has 1 aromatic carbocycles. The molecular weight excluding hydrogens is 234 g/mol. The van der Waals surface area contributed by atoms with E-state index in [1.165, 1.54) is 18.4 Å². The molecule has 0 amide bonds. The van der Waals surface area contributed by atoms with Crippen molar-refractivity contribution in [3.63, 3.8) is 0 Å². The van der Waals surface area contributed by atoms with Gasteiger partial charge in [0.2, 0.25) is 0 Å². The van der Waals surface area contributed by atoms with Crippen LogP contribution in [0.4, 0.5) is 0 Å². The van der Waals surface area contributed by atoms with Crippen molar-refractivity contribution in [1.82, 2.24) is 4.90 Å². The molecule has 102 valence electrons. The minimum Gasteiger partial charge on any atom is -0.328 e. The number of hydrogen-bond acceptors (Lipinski definition) is 3. The highest BCUT2D eigenvalue weighted by molar-refractivity contribution is 5.31. The number of nitrogens with two attached hydrogens (primary N) is 1. The Kier molecular flexibility index (Phi) is 4.95. The Morgan fingerprint density at radius 1 is 1.21 bits per heavy atom. The van der Waals surface area contributed by atoms with E-state index in [1.54, 1.807) is 0 Å². The van der Waals surface area contributed by atoms with E-state index in [2.05, 4.69) is 30.0 Å². The first-order valence-corrected chi connectivity index (χ1v) is 7.21. The molecule has 1 aromatic rings. The minimum absolute atomic E-state index is 0.407. The topological polar surface area (TPSA) is 53.0 Å². The fraction of sp³-hybridized carbons (Fsp3) is 0.562. The van der Waals surface area contributed by atoms with Crippen LogP contribution in [0.2, 0.25) is 0 Å². The van der Waals surface area contributed by atoms with Crippen molar-refractivity contribution in [2.24, 2.45) is 5.73 Å². The second-order valence-corrected chi connectivity index (χ2v) is 5.44. The number of rotatable bonds is 4. The van der Waals surface area contributed by atoms with Crippen LogP contribution in [0.1, 0.15) is 43.7 Å². The normalized spacial score (nSPS) is 23.3. The molecule has 3 nitrogen and oxygen atoms in total. The van der Waals surface area contributed by atoms with Gasteiger partial charge in [-0.05, 0) is 49.9 Å². The fourth-order valence-corrected chi connectivity index (χ4v) is 2.89. The monoisotopic (exact) mass is 257 g/mol. The van der Waals surface area contributed by atoms with Gasteiger partial charge in [-0.15, -0.1) is 0 Å². The number of benzene rings is 1. The van der Waals surface area contributed by atoms with E-state index in [0.717, 1.165) is 31.5 Å². The molecule has 19 heavy (non-hydrogen) atoms. The summed E-state index contributed by atoms with van der Waals surface area (Å²) in [6.07, 6.45) is 4.72. The lowest BCUT2D eigenvalue weighted by molar-refractivity contribution is 0.149. The first-order chi connectivity index (χ1) is 9.22. The molecule has 2 rings (SSSR count). The van der Waals surface area contributed by atoms with Gasteiger partial charge in [0.15, 0.2) is 0 Å². The molecule has 3 heteroatoms. The maximum absolute atomic E-state index is 8.81. The highest BCUT2D eigenvalue weighted by atomic mass is 15.1. The number of nitrogens with zero attached hydrogens (tertiary/aromatic N) is 2. The molecule has 2 N–H and O–H groups in total. The van der Waals surface area contributed by atoms with Gasteiger partial charge in [0.1, 0.15) is 0 Å². The molecule has 1 aliphatic rings. The van der Waals surface area contributed by atoms with Crippen LogP contribution in [0.3, 0.4) is 0 Å². The predicted octanol–water partition coefficient (Wildman–Crippen LogP) is 2.65. The van der Waals surface area contributed by atoms with Gasteiger partial charge >= 0.3 is 0 Å². The molecule has 1 aliphatic carbocycles. The predicted molar refractivity (Wildman–Crippen MR) is 77.5 cm³/mol. The zero-order valence-corrected chi connectivity index (χ0v) is 11.7. The summed E-state index contributed by atoms with van der Waals surface area (Å²) in [7, 11) is 0. The Morgan fingerprint density at radius 3 is 2.37 bits per heavy atom. The zero-order chi connectivity index (χ0) is 13.7. The largest absolute Gasteiger partial charge is 0.328 e. The Hall–Kier alpha value is -1.37. The van der Waals surface area contributed by atoms with Crippen LogP contribution in [-0.4, -0.2) is 23.5 Å². The summed E-state index contributed by atoms with van der Waals surface area (Å²) in [6, 6.07) is 11.2. The summed E-state index contributed by atoms with van der Waals surface area (Å²) in [5.74, 6) is 0. The molecule has 0 atom stereocenters. The summed E-state index contributed by atoms with van der Waals surface area (Å²) in [4.78, 5) is 2.53. The summed E-state index contributed by atoms with van der Waals surface area (Å²) in [6.45, 7) is 4.26. The van der Waals surface area contributed by atoms with Gasteiger partial charge in [0, 0.05) is 18.6 Å². The van der Waals surface area contributed by atoms with E-state index >= 15 is 0 Å². The Morgan fingerprint density at radius 2 is 1.84 bits per heavy atom. The Bertz CT molecular complexity index is 424. The SMILES string of the molecule is CCN(Cc1ccc(C#N)cc1)C1CCC(N)CC1. The Balaban J connectivity index is 1.96. The van der Waals surface area contributed by atoms with Crippen LogP contribution in [0.15, 0.2) is 24.3 Å². The van der Waals surface area contributed by atoms with Gasteiger partial charge in [-0.2, -0.15) is 5.26 Å². The molecule has 0 aliphatic heterocycles. The van der Waals surface area contributed by atoms with Gasteiger partial charge < -0.3 is 5.73 Å². The van der Waals surface area contributed by atoms with E-state index < -0.39 is 0 Å². The van der Waals surface area contributed by atoms with Crippen LogP contribution < -0.4 is 5.73 Å². The van der Waals surface area contributed by atoms with E-state index in [1.807, 2.05) is 12.1 Å². The van der Waals surface area contributed by atoms with Crippen molar-refractivity contribution in [2.45, 2.75) is 51.2 Å². The van der Waals surface area contributed by atoms with Crippen LogP contribution >= 0.6 is 0 Å². The van der Waals surface area contributed by atoms with Gasteiger partial charge in [0.05, 0.1) is 11.6 Å². The van der Waals surface area contributed by atoms with E-state index in [9.17, 15) is 0 Å². The van der Waals surface area contributed by atoms with Crippen LogP contribution in [0.25, 0.3) is 0 Å².